The second-order valence-electron chi connectivity index (χ2n) is 2.86. The van der Waals surface area contributed by atoms with Crippen molar-refractivity contribution in [1.29, 1.82) is 0 Å². The van der Waals surface area contributed by atoms with Gasteiger partial charge in [0.15, 0.2) is 0 Å². The van der Waals surface area contributed by atoms with E-state index in [1.54, 1.807) is 0 Å². The van der Waals surface area contributed by atoms with E-state index in [1.807, 2.05) is 0 Å². The molecule has 0 amide bonds. The van der Waals surface area contributed by atoms with Gasteiger partial charge in [0, 0.05) is 6.61 Å². The first kappa shape index (κ1) is 11.4. The number of aliphatic hydroxyl groups is 1. The summed E-state index contributed by atoms with van der Waals surface area (Å²) in [7, 11) is 0. The fourth-order valence-corrected chi connectivity index (χ4v) is 0.881. The van der Waals surface area contributed by atoms with Crippen LogP contribution in [0.3, 0.4) is 0 Å². The maximum absolute atomic E-state index is 8.49. The zero-order valence-electron chi connectivity index (χ0n) is 8.00. The minimum Gasteiger partial charge on any atom is -0.396 e. The molecule has 0 unspecified atom stereocenters. The number of allylic oxidation sites excluding steroid dienone is 4. The van der Waals surface area contributed by atoms with Gasteiger partial charge in [0.05, 0.1) is 0 Å². The van der Waals surface area contributed by atoms with Gasteiger partial charge in [0.2, 0.25) is 0 Å². The van der Waals surface area contributed by atoms with E-state index in [2.05, 4.69) is 31.2 Å². The molecule has 1 N–H and O–H groups in total. The third-order valence-corrected chi connectivity index (χ3v) is 1.64. The summed E-state index contributed by atoms with van der Waals surface area (Å²) in [5.74, 6) is 0. The van der Waals surface area contributed by atoms with Crippen molar-refractivity contribution in [2.75, 3.05) is 6.61 Å². The average Bonchev–Trinajstić information content (AvgIpc) is 2.10. The van der Waals surface area contributed by atoms with Crippen LogP contribution in [0.1, 0.15) is 39.0 Å². The SMILES string of the molecule is CCCCC=CC=CCCCO. The van der Waals surface area contributed by atoms with Crippen molar-refractivity contribution in [3.05, 3.63) is 24.3 Å². The molecule has 0 aromatic carbocycles. The largest absolute Gasteiger partial charge is 0.396 e. The second kappa shape index (κ2) is 10.4. The van der Waals surface area contributed by atoms with E-state index in [9.17, 15) is 0 Å². The third-order valence-electron chi connectivity index (χ3n) is 1.64. The molecule has 0 aliphatic carbocycles. The summed E-state index contributed by atoms with van der Waals surface area (Å²) in [5.41, 5.74) is 0. The van der Waals surface area contributed by atoms with Crippen molar-refractivity contribution in [2.24, 2.45) is 0 Å². The molecular formula is C11H20O. The van der Waals surface area contributed by atoms with Gasteiger partial charge >= 0.3 is 0 Å². The normalized spacial score (nSPS) is 11.8. The van der Waals surface area contributed by atoms with E-state index in [1.165, 1.54) is 19.3 Å². The molecule has 0 spiro atoms. The second-order valence-corrected chi connectivity index (χ2v) is 2.86. The number of aliphatic hydroxyl groups excluding tert-OH is 1. The molecule has 12 heavy (non-hydrogen) atoms. The van der Waals surface area contributed by atoms with Crippen LogP contribution in [0.5, 0.6) is 0 Å². The van der Waals surface area contributed by atoms with Crippen LogP contribution in [0.25, 0.3) is 0 Å². The van der Waals surface area contributed by atoms with Gasteiger partial charge in [-0.15, -0.1) is 0 Å². The Labute approximate surface area is 75.8 Å². The molecule has 0 heterocycles. The molecule has 0 aromatic rings. The lowest BCUT2D eigenvalue weighted by Gasteiger charge is -1.87. The predicted octanol–water partition coefficient (Wildman–Crippen LogP) is 3.06. The monoisotopic (exact) mass is 168 g/mol. The smallest absolute Gasteiger partial charge is 0.0433 e. The Kier molecular flexibility index (Phi) is 9.95. The van der Waals surface area contributed by atoms with E-state index >= 15 is 0 Å². The lowest BCUT2D eigenvalue weighted by atomic mass is 10.2. The molecule has 0 fully saturated rings. The van der Waals surface area contributed by atoms with Gasteiger partial charge < -0.3 is 5.11 Å². The van der Waals surface area contributed by atoms with Crippen molar-refractivity contribution in [2.45, 2.75) is 39.0 Å². The number of hydrogen-bond acceptors (Lipinski definition) is 1. The fourth-order valence-electron chi connectivity index (χ4n) is 0.881. The van der Waals surface area contributed by atoms with Crippen molar-refractivity contribution < 1.29 is 5.11 Å². The molecule has 0 rings (SSSR count). The standard InChI is InChI=1S/C11H20O/c1-2-3-4-5-6-7-8-9-10-11-12/h5-8,12H,2-4,9-11H2,1H3. The van der Waals surface area contributed by atoms with Gasteiger partial charge in [-0.3, -0.25) is 0 Å². The van der Waals surface area contributed by atoms with Crippen LogP contribution in [0.4, 0.5) is 0 Å². The molecule has 0 aliphatic heterocycles. The molecule has 0 atom stereocenters. The lowest BCUT2D eigenvalue weighted by molar-refractivity contribution is 0.289. The Morgan fingerprint density at radius 2 is 1.58 bits per heavy atom. The summed E-state index contributed by atoms with van der Waals surface area (Å²) in [6, 6.07) is 0. The highest BCUT2D eigenvalue weighted by atomic mass is 16.2. The summed E-state index contributed by atoms with van der Waals surface area (Å²) in [4.78, 5) is 0. The predicted molar refractivity (Wildman–Crippen MR) is 54.1 cm³/mol. The Morgan fingerprint density at radius 1 is 1.00 bits per heavy atom. The first-order valence-corrected chi connectivity index (χ1v) is 4.84. The maximum Gasteiger partial charge on any atom is 0.0433 e. The van der Waals surface area contributed by atoms with Crippen LogP contribution in [-0.2, 0) is 0 Å². The zero-order valence-corrected chi connectivity index (χ0v) is 8.00. The highest BCUT2D eigenvalue weighted by Crippen LogP contribution is 1.95. The summed E-state index contributed by atoms with van der Waals surface area (Å²) < 4.78 is 0. The Balaban J connectivity index is 3.15. The summed E-state index contributed by atoms with van der Waals surface area (Å²) >= 11 is 0. The fraction of sp³-hybridized carbons (Fsp3) is 0.636. The molecule has 0 radical (unpaired) electrons. The molecule has 1 nitrogen and oxygen atoms in total. The molecule has 0 saturated heterocycles. The Morgan fingerprint density at radius 3 is 2.08 bits per heavy atom. The van der Waals surface area contributed by atoms with Crippen molar-refractivity contribution in [3.8, 4) is 0 Å². The third kappa shape index (κ3) is 9.44. The molecule has 1 heteroatoms. The summed E-state index contributed by atoms with van der Waals surface area (Å²) in [6.07, 6.45) is 14.0. The van der Waals surface area contributed by atoms with Gasteiger partial charge in [-0.25, -0.2) is 0 Å². The van der Waals surface area contributed by atoms with E-state index in [0.29, 0.717) is 6.61 Å². The molecule has 0 aromatic heterocycles. The quantitative estimate of drug-likeness (QED) is 0.457. The first-order valence-electron chi connectivity index (χ1n) is 4.84. The van der Waals surface area contributed by atoms with Gasteiger partial charge in [0.1, 0.15) is 0 Å². The number of unbranched alkanes of at least 4 members (excludes halogenated alkanes) is 3. The van der Waals surface area contributed by atoms with E-state index in [0.717, 1.165) is 12.8 Å². The van der Waals surface area contributed by atoms with Crippen LogP contribution in [0.2, 0.25) is 0 Å². The molecular weight excluding hydrogens is 148 g/mol. The molecule has 0 saturated carbocycles. The molecule has 0 aliphatic rings. The Hall–Kier alpha value is -0.560. The topological polar surface area (TPSA) is 20.2 Å². The van der Waals surface area contributed by atoms with Crippen LogP contribution in [0, 0.1) is 0 Å². The minimum absolute atomic E-state index is 0.296. The first-order chi connectivity index (χ1) is 5.91. The van der Waals surface area contributed by atoms with E-state index in [4.69, 9.17) is 5.11 Å². The van der Waals surface area contributed by atoms with Crippen LogP contribution < -0.4 is 0 Å². The summed E-state index contributed by atoms with van der Waals surface area (Å²) in [6.45, 7) is 2.49. The van der Waals surface area contributed by atoms with Gasteiger partial charge in [-0.2, -0.15) is 0 Å². The van der Waals surface area contributed by atoms with Gasteiger partial charge in [0.25, 0.3) is 0 Å². The minimum atomic E-state index is 0.296. The summed E-state index contributed by atoms with van der Waals surface area (Å²) in [5, 5.41) is 8.49. The Bertz CT molecular complexity index is 109. The number of hydrogen-bond donors (Lipinski definition) is 1. The van der Waals surface area contributed by atoms with Crippen molar-refractivity contribution in [1.82, 2.24) is 0 Å². The maximum atomic E-state index is 8.49. The zero-order chi connectivity index (χ0) is 9.07. The highest BCUT2D eigenvalue weighted by molar-refractivity contribution is 5.02. The van der Waals surface area contributed by atoms with Gasteiger partial charge in [-0.05, 0) is 19.3 Å². The van der Waals surface area contributed by atoms with Crippen LogP contribution >= 0.6 is 0 Å². The van der Waals surface area contributed by atoms with Crippen molar-refractivity contribution >= 4 is 0 Å². The van der Waals surface area contributed by atoms with Crippen molar-refractivity contribution in [3.63, 3.8) is 0 Å². The van der Waals surface area contributed by atoms with Crippen LogP contribution in [-0.4, -0.2) is 11.7 Å². The molecule has 0 bridgehead atoms. The number of rotatable bonds is 7. The lowest BCUT2D eigenvalue weighted by Crippen LogP contribution is -1.77. The van der Waals surface area contributed by atoms with E-state index in [-0.39, 0.29) is 0 Å². The highest BCUT2D eigenvalue weighted by Gasteiger charge is 1.77. The average molecular weight is 168 g/mol. The van der Waals surface area contributed by atoms with Crippen LogP contribution in [0.15, 0.2) is 24.3 Å². The van der Waals surface area contributed by atoms with Gasteiger partial charge in [-0.1, -0.05) is 44.1 Å². The van der Waals surface area contributed by atoms with E-state index < -0.39 is 0 Å². The molecule has 70 valence electrons.